The molecule has 6 nitrogen and oxygen atoms in total. The van der Waals surface area contributed by atoms with Crippen molar-refractivity contribution in [3.05, 3.63) is 77.0 Å². The molecule has 0 aliphatic heterocycles. The SMILES string of the molecule is Cc1cc(Nc2nc(C(O)c3ccc(F)cc3)nc3cc(C(F)(F)F)ccc23)n[nH]1. The summed E-state index contributed by atoms with van der Waals surface area (Å²) in [7, 11) is 0. The lowest BCUT2D eigenvalue weighted by molar-refractivity contribution is -0.137. The Morgan fingerprint density at radius 2 is 1.77 bits per heavy atom. The zero-order chi connectivity index (χ0) is 21.5. The zero-order valence-corrected chi connectivity index (χ0v) is 15.5. The number of nitrogens with zero attached hydrogens (tertiary/aromatic N) is 3. The first kappa shape index (κ1) is 19.8. The lowest BCUT2D eigenvalue weighted by Gasteiger charge is -2.15. The molecule has 0 aliphatic rings. The highest BCUT2D eigenvalue weighted by molar-refractivity contribution is 5.91. The predicted octanol–water partition coefficient (Wildman–Crippen LogP) is 4.64. The van der Waals surface area contributed by atoms with Crippen LogP contribution in [-0.2, 0) is 6.18 Å². The summed E-state index contributed by atoms with van der Waals surface area (Å²) in [5, 5.41) is 20.7. The fraction of sp³-hybridized carbons (Fsp3) is 0.150. The molecule has 2 aromatic carbocycles. The number of rotatable bonds is 4. The first-order valence-electron chi connectivity index (χ1n) is 8.82. The minimum atomic E-state index is -4.55. The van der Waals surface area contributed by atoms with E-state index in [9.17, 15) is 22.7 Å². The fourth-order valence-corrected chi connectivity index (χ4v) is 2.94. The number of hydrogen-bond acceptors (Lipinski definition) is 5. The molecule has 2 aromatic heterocycles. The van der Waals surface area contributed by atoms with E-state index in [2.05, 4.69) is 25.5 Å². The van der Waals surface area contributed by atoms with Crippen LogP contribution in [0.5, 0.6) is 0 Å². The number of aliphatic hydroxyl groups excluding tert-OH is 1. The second kappa shape index (κ2) is 7.38. The quantitative estimate of drug-likeness (QED) is 0.421. The summed E-state index contributed by atoms with van der Waals surface area (Å²) >= 11 is 0. The highest BCUT2D eigenvalue weighted by atomic mass is 19.4. The second-order valence-corrected chi connectivity index (χ2v) is 6.68. The van der Waals surface area contributed by atoms with Crippen LogP contribution < -0.4 is 5.32 Å². The first-order valence-corrected chi connectivity index (χ1v) is 8.82. The van der Waals surface area contributed by atoms with Gasteiger partial charge in [0.15, 0.2) is 11.6 Å². The van der Waals surface area contributed by atoms with E-state index in [0.29, 0.717) is 16.8 Å². The topological polar surface area (TPSA) is 86.7 Å². The van der Waals surface area contributed by atoms with Gasteiger partial charge >= 0.3 is 6.18 Å². The smallest absolute Gasteiger partial charge is 0.380 e. The summed E-state index contributed by atoms with van der Waals surface area (Å²) in [5.74, 6) is -0.0503. The zero-order valence-electron chi connectivity index (χ0n) is 15.5. The molecule has 4 aromatic rings. The molecular formula is C20H15F4N5O. The Morgan fingerprint density at radius 1 is 1.03 bits per heavy atom. The molecule has 10 heteroatoms. The maximum absolute atomic E-state index is 13.2. The molecule has 1 atom stereocenters. The number of aromatic amines is 1. The molecule has 0 amide bonds. The average Bonchev–Trinajstić information content (AvgIpc) is 3.11. The Balaban J connectivity index is 1.85. The van der Waals surface area contributed by atoms with Gasteiger partial charge in [-0.2, -0.15) is 18.3 Å². The van der Waals surface area contributed by atoms with Crippen molar-refractivity contribution >= 4 is 22.5 Å². The van der Waals surface area contributed by atoms with Gasteiger partial charge in [0.25, 0.3) is 0 Å². The molecule has 2 heterocycles. The van der Waals surface area contributed by atoms with E-state index < -0.39 is 23.7 Å². The van der Waals surface area contributed by atoms with Gasteiger partial charge in [-0.3, -0.25) is 5.10 Å². The Labute approximate surface area is 167 Å². The lowest BCUT2D eigenvalue weighted by atomic mass is 10.1. The number of aliphatic hydroxyl groups is 1. The van der Waals surface area contributed by atoms with Crippen LogP contribution in [0.25, 0.3) is 10.9 Å². The molecule has 0 saturated carbocycles. The second-order valence-electron chi connectivity index (χ2n) is 6.68. The largest absolute Gasteiger partial charge is 0.416 e. The van der Waals surface area contributed by atoms with Crippen molar-refractivity contribution in [3.8, 4) is 0 Å². The molecule has 0 saturated heterocycles. The van der Waals surface area contributed by atoms with Crippen LogP contribution in [0.3, 0.4) is 0 Å². The van der Waals surface area contributed by atoms with E-state index >= 15 is 0 Å². The third-order valence-corrected chi connectivity index (χ3v) is 4.42. The van der Waals surface area contributed by atoms with Crippen LogP contribution in [0.4, 0.5) is 29.2 Å². The molecule has 0 aliphatic carbocycles. The van der Waals surface area contributed by atoms with Crippen LogP contribution >= 0.6 is 0 Å². The van der Waals surface area contributed by atoms with Gasteiger partial charge < -0.3 is 10.4 Å². The average molecular weight is 417 g/mol. The highest BCUT2D eigenvalue weighted by Gasteiger charge is 2.31. The Morgan fingerprint density at radius 3 is 2.40 bits per heavy atom. The summed E-state index contributed by atoms with van der Waals surface area (Å²) in [4.78, 5) is 8.43. The summed E-state index contributed by atoms with van der Waals surface area (Å²) in [6.45, 7) is 1.79. The van der Waals surface area contributed by atoms with Crippen molar-refractivity contribution < 1.29 is 22.7 Å². The minimum Gasteiger partial charge on any atom is -0.380 e. The molecule has 0 spiro atoms. The summed E-state index contributed by atoms with van der Waals surface area (Å²) in [5.41, 5.74) is 0.175. The van der Waals surface area contributed by atoms with E-state index in [-0.39, 0.29) is 17.2 Å². The normalized spacial score (nSPS) is 12.9. The molecular weight excluding hydrogens is 402 g/mol. The number of aryl methyl sites for hydroxylation is 1. The van der Waals surface area contributed by atoms with Gasteiger partial charge in [-0.25, -0.2) is 14.4 Å². The Bertz CT molecular complexity index is 1200. The van der Waals surface area contributed by atoms with Gasteiger partial charge in [0.05, 0.1) is 11.1 Å². The number of H-pyrrole nitrogens is 1. The van der Waals surface area contributed by atoms with E-state index in [1.54, 1.807) is 13.0 Å². The van der Waals surface area contributed by atoms with Crippen molar-refractivity contribution in [1.29, 1.82) is 0 Å². The first-order chi connectivity index (χ1) is 14.2. The third kappa shape index (κ3) is 3.94. The van der Waals surface area contributed by atoms with Gasteiger partial charge in [0.1, 0.15) is 17.7 Å². The van der Waals surface area contributed by atoms with E-state index in [4.69, 9.17) is 0 Å². The van der Waals surface area contributed by atoms with Crippen LogP contribution in [0.15, 0.2) is 48.5 Å². The number of benzene rings is 2. The van der Waals surface area contributed by atoms with E-state index in [1.165, 1.54) is 18.2 Å². The van der Waals surface area contributed by atoms with Gasteiger partial charge in [0, 0.05) is 17.1 Å². The summed E-state index contributed by atoms with van der Waals surface area (Å²) in [6.07, 6.45) is -5.92. The maximum Gasteiger partial charge on any atom is 0.416 e. The van der Waals surface area contributed by atoms with Crippen LogP contribution in [0.2, 0.25) is 0 Å². The van der Waals surface area contributed by atoms with Gasteiger partial charge in [-0.15, -0.1) is 0 Å². The van der Waals surface area contributed by atoms with Gasteiger partial charge in [-0.1, -0.05) is 12.1 Å². The number of hydrogen-bond donors (Lipinski definition) is 3. The van der Waals surface area contributed by atoms with E-state index in [0.717, 1.165) is 30.0 Å². The van der Waals surface area contributed by atoms with Gasteiger partial charge in [0.2, 0.25) is 0 Å². The minimum absolute atomic E-state index is 0.00857. The number of fused-ring (bicyclic) bond motifs is 1. The third-order valence-electron chi connectivity index (χ3n) is 4.42. The van der Waals surface area contributed by atoms with Crippen molar-refractivity contribution in [1.82, 2.24) is 20.2 Å². The molecule has 1 unspecified atom stereocenters. The number of anilines is 2. The fourth-order valence-electron chi connectivity index (χ4n) is 2.94. The molecule has 4 rings (SSSR count). The number of alkyl halides is 3. The number of halogens is 4. The molecule has 3 N–H and O–H groups in total. The molecule has 0 radical (unpaired) electrons. The van der Waals surface area contributed by atoms with Crippen molar-refractivity contribution in [2.75, 3.05) is 5.32 Å². The number of aromatic nitrogens is 4. The van der Waals surface area contributed by atoms with Crippen molar-refractivity contribution in [2.24, 2.45) is 0 Å². The molecule has 0 bridgehead atoms. The standard InChI is InChI=1S/C20H15F4N5O/c1-10-8-16(29-28-10)26-18-14-7-4-12(20(22,23)24)9-15(14)25-19(27-18)17(30)11-2-5-13(21)6-3-11/h2-9,17,30H,1H3,(H2,25,26,27,28,29). The maximum atomic E-state index is 13.2. The number of nitrogens with one attached hydrogen (secondary N) is 2. The van der Waals surface area contributed by atoms with Crippen LogP contribution in [-0.4, -0.2) is 25.3 Å². The van der Waals surface area contributed by atoms with Crippen molar-refractivity contribution in [2.45, 2.75) is 19.2 Å². The van der Waals surface area contributed by atoms with Crippen molar-refractivity contribution in [3.63, 3.8) is 0 Å². The van der Waals surface area contributed by atoms with Gasteiger partial charge in [-0.05, 0) is 42.8 Å². The predicted molar refractivity (Wildman–Crippen MR) is 102 cm³/mol. The van der Waals surface area contributed by atoms with Crippen LogP contribution in [0.1, 0.15) is 28.7 Å². The highest BCUT2D eigenvalue weighted by Crippen LogP contribution is 2.34. The molecule has 0 fully saturated rings. The molecule has 30 heavy (non-hydrogen) atoms. The van der Waals surface area contributed by atoms with Crippen LogP contribution in [0, 0.1) is 12.7 Å². The monoisotopic (exact) mass is 417 g/mol. The summed E-state index contributed by atoms with van der Waals surface area (Å²) < 4.78 is 52.7. The summed E-state index contributed by atoms with van der Waals surface area (Å²) in [6, 6.07) is 9.79. The Kier molecular flexibility index (Phi) is 4.86. The lowest BCUT2D eigenvalue weighted by Crippen LogP contribution is -2.10. The Hall–Kier alpha value is -3.53. The van der Waals surface area contributed by atoms with E-state index in [1.807, 2.05) is 0 Å². The molecule has 154 valence electrons.